The maximum Gasteiger partial charge on any atom is 0.213 e. The average Bonchev–Trinajstić information content (AvgIpc) is 2.38. The Morgan fingerprint density at radius 3 is 2.69 bits per heavy atom. The van der Waals surface area contributed by atoms with Crippen LogP contribution < -0.4 is 10.5 Å². The predicted octanol–water partition coefficient (Wildman–Crippen LogP) is 0.909. The lowest BCUT2D eigenvalue weighted by Gasteiger charge is -2.04. The molecule has 0 aliphatic carbocycles. The van der Waals surface area contributed by atoms with Crippen LogP contribution in [0.1, 0.15) is 11.4 Å². The van der Waals surface area contributed by atoms with Crippen LogP contribution in [0.25, 0.3) is 0 Å². The van der Waals surface area contributed by atoms with Crippen molar-refractivity contribution in [1.82, 2.24) is 15.0 Å². The van der Waals surface area contributed by atoms with Crippen LogP contribution in [0.5, 0.6) is 5.88 Å². The Labute approximate surface area is 93.3 Å². The average molecular weight is 216 g/mol. The van der Waals surface area contributed by atoms with E-state index in [9.17, 15) is 0 Å². The van der Waals surface area contributed by atoms with Crippen LogP contribution in [0.2, 0.25) is 0 Å². The van der Waals surface area contributed by atoms with Gasteiger partial charge >= 0.3 is 0 Å². The lowest BCUT2D eigenvalue weighted by molar-refractivity contribution is 0.283. The molecule has 0 unspecified atom stereocenters. The summed E-state index contributed by atoms with van der Waals surface area (Å²) in [6.07, 6.45) is 5.02. The van der Waals surface area contributed by atoms with Crippen molar-refractivity contribution in [2.45, 2.75) is 13.2 Å². The van der Waals surface area contributed by atoms with Crippen molar-refractivity contribution in [3.05, 3.63) is 48.2 Å². The summed E-state index contributed by atoms with van der Waals surface area (Å²) in [6, 6.07) is 5.42. The lowest BCUT2D eigenvalue weighted by atomic mass is 10.3. The second-order valence-corrected chi connectivity index (χ2v) is 3.16. The molecule has 5 heteroatoms. The Bertz CT molecular complexity index is 447. The first-order valence-corrected chi connectivity index (χ1v) is 4.92. The number of hydrogen-bond acceptors (Lipinski definition) is 5. The minimum Gasteiger partial charge on any atom is -0.469 e. The Balaban J connectivity index is 1.99. The van der Waals surface area contributed by atoms with Gasteiger partial charge in [0.25, 0.3) is 0 Å². The molecule has 2 rings (SSSR count). The molecule has 0 aromatic carbocycles. The van der Waals surface area contributed by atoms with Crippen molar-refractivity contribution >= 4 is 0 Å². The zero-order valence-electron chi connectivity index (χ0n) is 8.71. The van der Waals surface area contributed by atoms with Crippen LogP contribution in [0, 0.1) is 0 Å². The highest BCUT2D eigenvalue weighted by Gasteiger charge is 1.99. The normalized spacial score (nSPS) is 10.1. The van der Waals surface area contributed by atoms with Crippen LogP contribution >= 0.6 is 0 Å². The summed E-state index contributed by atoms with van der Waals surface area (Å²) < 4.78 is 5.44. The van der Waals surface area contributed by atoms with Crippen LogP contribution in [0.15, 0.2) is 36.8 Å². The number of aromatic nitrogens is 3. The summed E-state index contributed by atoms with van der Waals surface area (Å²) in [5, 5.41) is 0. The van der Waals surface area contributed by atoms with Crippen LogP contribution in [0.4, 0.5) is 0 Å². The molecule has 2 aromatic rings. The number of pyridine rings is 1. The van der Waals surface area contributed by atoms with Crippen LogP contribution in [-0.4, -0.2) is 15.0 Å². The molecule has 0 fully saturated rings. The molecule has 0 aliphatic heterocycles. The maximum absolute atomic E-state index is 5.52. The standard InChI is InChI=1S/C11H12N4O/c12-7-9-2-5-15-11(6-9)16-8-10-13-3-1-4-14-10/h1-6H,7-8,12H2. The molecule has 5 nitrogen and oxygen atoms in total. The fourth-order valence-corrected chi connectivity index (χ4v) is 1.20. The van der Waals surface area contributed by atoms with Crippen molar-refractivity contribution in [3.8, 4) is 5.88 Å². The smallest absolute Gasteiger partial charge is 0.213 e. The molecule has 82 valence electrons. The third kappa shape index (κ3) is 2.74. The van der Waals surface area contributed by atoms with E-state index < -0.39 is 0 Å². The summed E-state index contributed by atoms with van der Waals surface area (Å²) in [6.45, 7) is 0.780. The second-order valence-electron chi connectivity index (χ2n) is 3.16. The molecule has 2 aromatic heterocycles. The second kappa shape index (κ2) is 5.18. The van der Waals surface area contributed by atoms with E-state index in [1.807, 2.05) is 12.1 Å². The van der Waals surface area contributed by atoms with Crippen molar-refractivity contribution in [1.29, 1.82) is 0 Å². The third-order valence-corrected chi connectivity index (χ3v) is 2.00. The number of hydrogen-bond donors (Lipinski definition) is 1. The predicted molar refractivity (Wildman–Crippen MR) is 58.5 cm³/mol. The molecule has 2 heterocycles. The van der Waals surface area contributed by atoms with Gasteiger partial charge in [-0.2, -0.15) is 0 Å². The fraction of sp³-hybridized carbons (Fsp3) is 0.182. The number of nitrogens with two attached hydrogens (primary N) is 1. The summed E-state index contributed by atoms with van der Waals surface area (Å²) in [5.74, 6) is 1.16. The molecule has 0 amide bonds. The van der Waals surface area contributed by atoms with E-state index in [0.29, 0.717) is 24.9 Å². The molecule has 0 aliphatic rings. The molecule has 0 atom stereocenters. The van der Waals surface area contributed by atoms with Gasteiger partial charge in [-0.15, -0.1) is 0 Å². The molecule has 0 radical (unpaired) electrons. The molecule has 16 heavy (non-hydrogen) atoms. The van der Waals surface area contributed by atoms with Crippen molar-refractivity contribution in [2.75, 3.05) is 0 Å². The third-order valence-electron chi connectivity index (χ3n) is 2.00. The van der Waals surface area contributed by atoms with Crippen molar-refractivity contribution in [2.24, 2.45) is 5.73 Å². The molecule has 2 N–H and O–H groups in total. The van der Waals surface area contributed by atoms with Gasteiger partial charge < -0.3 is 10.5 Å². The van der Waals surface area contributed by atoms with E-state index in [1.165, 1.54) is 0 Å². The molecular weight excluding hydrogens is 204 g/mol. The highest BCUT2D eigenvalue weighted by molar-refractivity contribution is 5.20. The molecule has 0 saturated heterocycles. The van der Waals surface area contributed by atoms with Gasteiger partial charge in [-0.3, -0.25) is 0 Å². The zero-order valence-corrected chi connectivity index (χ0v) is 8.71. The van der Waals surface area contributed by atoms with E-state index >= 15 is 0 Å². The van der Waals surface area contributed by atoms with E-state index in [0.717, 1.165) is 5.56 Å². The number of rotatable bonds is 4. The van der Waals surface area contributed by atoms with E-state index in [2.05, 4.69) is 15.0 Å². The first kappa shape index (κ1) is 10.5. The summed E-state index contributed by atoms with van der Waals surface area (Å²) in [7, 11) is 0. The summed E-state index contributed by atoms with van der Waals surface area (Å²) in [5.41, 5.74) is 6.50. The lowest BCUT2D eigenvalue weighted by Crippen LogP contribution is -2.03. The highest BCUT2D eigenvalue weighted by atomic mass is 16.5. The van der Waals surface area contributed by atoms with Gasteiger partial charge in [0.15, 0.2) is 5.82 Å². The van der Waals surface area contributed by atoms with Gasteiger partial charge in [0.05, 0.1) is 0 Å². The molecule has 0 saturated carbocycles. The van der Waals surface area contributed by atoms with Gasteiger partial charge in [0, 0.05) is 31.2 Å². The highest BCUT2D eigenvalue weighted by Crippen LogP contribution is 2.09. The maximum atomic E-state index is 5.52. The van der Waals surface area contributed by atoms with Gasteiger partial charge in [0.1, 0.15) is 6.61 Å². The zero-order chi connectivity index (χ0) is 11.2. The van der Waals surface area contributed by atoms with Gasteiger partial charge in [-0.05, 0) is 17.7 Å². The topological polar surface area (TPSA) is 73.9 Å². The first-order chi connectivity index (χ1) is 7.88. The minimum atomic E-state index is 0.307. The Hall–Kier alpha value is -2.01. The van der Waals surface area contributed by atoms with E-state index in [4.69, 9.17) is 10.5 Å². The van der Waals surface area contributed by atoms with Crippen molar-refractivity contribution < 1.29 is 4.74 Å². The van der Waals surface area contributed by atoms with Crippen LogP contribution in [-0.2, 0) is 13.2 Å². The summed E-state index contributed by atoms with van der Waals surface area (Å²) in [4.78, 5) is 12.2. The summed E-state index contributed by atoms with van der Waals surface area (Å²) >= 11 is 0. The fourth-order valence-electron chi connectivity index (χ4n) is 1.20. The monoisotopic (exact) mass is 216 g/mol. The quantitative estimate of drug-likeness (QED) is 0.822. The Morgan fingerprint density at radius 2 is 1.94 bits per heavy atom. The largest absolute Gasteiger partial charge is 0.469 e. The first-order valence-electron chi connectivity index (χ1n) is 4.92. The minimum absolute atomic E-state index is 0.307. The van der Waals surface area contributed by atoms with Gasteiger partial charge in [-0.25, -0.2) is 15.0 Å². The Morgan fingerprint density at radius 1 is 1.12 bits per heavy atom. The number of ether oxygens (including phenoxy) is 1. The Kier molecular flexibility index (Phi) is 3.40. The number of nitrogens with zero attached hydrogens (tertiary/aromatic N) is 3. The van der Waals surface area contributed by atoms with Gasteiger partial charge in [-0.1, -0.05) is 0 Å². The molecule has 0 bridgehead atoms. The SMILES string of the molecule is NCc1ccnc(OCc2ncccn2)c1. The van der Waals surface area contributed by atoms with Crippen LogP contribution in [0.3, 0.4) is 0 Å². The van der Waals surface area contributed by atoms with Gasteiger partial charge in [0.2, 0.25) is 5.88 Å². The molecule has 0 spiro atoms. The molecular formula is C11H12N4O. The van der Waals surface area contributed by atoms with E-state index in [-0.39, 0.29) is 0 Å². The van der Waals surface area contributed by atoms with Crippen molar-refractivity contribution in [3.63, 3.8) is 0 Å². The van der Waals surface area contributed by atoms with E-state index in [1.54, 1.807) is 24.7 Å².